The molecule has 0 aliphatic rings. The van der Waals surface area contributed by atoms with Crippen molar-refractivity contribution in [2.45, 2.75) is 13.0 Å². The highest BCUT2D eigenvalue weighted by atomic mass is 16.5. The van der Waals surface area contributed by atoms with E-state index in [1.165, 1.54) is 5.56 Å². The predicted molar refractivity (Wildman–Crippen MR) is 55.5 cm³/mol. The zero-order valence-electron chi connectivity index (χ0n) is 8.55. The summed E-state index contributed by atoms with van der Waals surface area (Å²) < 4.78 is 4.93. The van der Waals surface area contributed by atoms with Gasteiger partial charge in [-0.25, -0.2) is 0 Å². The number of carbonyl (C=O) groups is 2. The second-order valence-electron chi connectivity index (χ2n) is 2.68. The van der Waals surface area contributed by atoms with Crippen LogP contribution >= 0.6 is 0 Å². The fourth-order valence-corrected chi connectivity index (χ4v) is 0.812. The smallest absolute Gasteiger partial charge is 0.310 e. The van der Waals surface area contributed by atoms with Gasteiger partial charge in [0.1, 0.15) is 12.7 Å². The van der Waals surface area contributed by atoms with E-state index in [4.69, 9.17) is 9.84 Å². The first-order valence-corrected chi connectivity index (χ1v) is 4.39. The fourth-order valence-electron chi connectivity index (χ4n) is 0.812. The van der Waals surface area contributed by atoms with Crippen molar-refractivity contribution in [2.75, 3.05) is 7.11 Å². The van der Waals surface area contributed by atoms with Gasteiger partial charge in [-0.3, -0.25) is 4.79 Å². The lowest BCUT2D eigenvalue weighted by Crippen LogP contribution is -1.92. The molecule has 82 valence electrons. The number of carbonyl (C=O) groups excluding carboxylic acids is 1. The van der Waals surface area contributed by atoms with Crippen molar-refractivity contribution in [1.82, 2.24) is 0 Å². The van der Waals surface area contributed by atoms with Gasteiger partial charge in [0, 0.05) is 7.11 Å². The Morgan fingerprint density at radius 3 is 2.33 bits per heavy atom. The van der Waals surface area contributed by atoms with Crippen LogP contribution in [-0.2, 0) is 20.9 Å². The first-order chi connectivity index (χ1) is 7.20. The summed E-state index contributed by atoms with van der Waals surface area (Å²) >= 11 is 0. The second-order valence-corrected chi connectivity index (χ2v) is 2.68. The van der Waals surface area contributed by atoms with Crippen LogP contribution in [0, 0.1) is 0 Å². The highest BCUT2D eigenvalue weighted by molar-refractivity contribution is 5.81. The number of aldehydes is 1. The van der Waals surface area contributed by atoms with Crippen molar-refractivity contribution in [2.24, 2.45) is 0 Å². The fraction of sp³-hybridized carbons (Fsp3) is 0.273. The Morgan fingerprint density at radius 2 is 2.00 bits per heavy atom. The Bertz CT molecular complexity index is 282. The minimum absolute atomic E-state index is 0.350. The van der Waals surface area contributed by atoms with Crippen molar-refractivity contribution in [3.8, 4) is 0 Å². The zero-order chi connectivity index (χ0) is 11.5. The molecule has 4 nitrogen and oxygen atoms in total. The van der Waals surface area contributed by atoms with Crippen molar-refractivity contribution in [1.29, 1.82) is 0 Å². The topological polar surface area (TPSA) is 63.6 Å². The average Bonchev–Trinajstić information content (AvgIpc) is 2.20. The first-order valence-electron chi connectivity index (χ1n) is 4.39. The molecule has 0 unspecified atom stereocenters. The number of methoxy groups -OCH3 is 1. The van der Waals surface area contributed by atoms with Crippen LogP contribution in [0.15, 0.2) is 30.3 Å². The normalized spacial score (nSPS) is 8.60. The predicted octanol–water partition coefficient (Wildman–Crippen LogP) is 1.49. The zero-order valence-corrected chi connectivity index (χ0v) is 8.55. The molecule has 0 atom stereocenters. The summed E-state index contributed by atoms with van der Waals surface area (Å²) in [5.74, 6) is -1.08. The summed E-state index contributed by atoms with van der Waals surface area (Å²) in [6.45, 7) is 0.709. The van der Waals surface area contributed by atoms with Crippen LogP contribution in [-0.4, -0.2) is 24.5 Å². The average molecular weight is 210 g/mol. The Balaban J connectivity index is 0.000000288. The lowest BCUT2D eigenvalue weighted by Gasteiger charge is -1.95. The van der Waals surface area contributed by atoms with Gasteiger partial charge in [0.25, 0.3) is 0 Å². The summed E-state index contributed by atoms with van der Waals surface area (Å²) in [6, 6.07) is 10.1. The van der Waals surface area contributed by atoms with Crippen LogP contribution in [0.1, 0.15) is 12.0 Å². The van der Waals surface area contributed by atoms with Crippen LogP contribution in [0.3, 0.4) is 0 Å². The maximum Gasteiger partial charge on any atom is 0.310 e. The van der Waals surface area contributed by atoms with Crippen LogP contribution in [0.25, 0.3) is 0 Å². The van der Waals surface area contributed by atoms with Gasteiger partial charge in [0.05, 0.1) is 6.61 Å². The molecule has 0 aromatic heterocycles. The Kier molecular flexibility index (Phi) is 7.90. The molecule has 0 bridgehead atoms. The van der Waals surface area contributed by atoms with E-state index in [-0.39, 0.29) is 6.42 Å². The lowest BCUT2D eigenvalue weighted by molar-refractivity contribution is -0.138. The summed E-state index contributed by atoms with van der Waals surface area (Å²) in [7, 11) is 1.70. The first kappa shape index (κ1) is 13.3. The van der Waals surface area contributed by atoms with Crippen LogP contribution in [0.2, 0.25) is 0 Å². The van der Waals surface area contributed by atoms with Gasteiger partial charge >= 0.3 is 5.97 Å². The molecule has 1 aromatic rings. The quantitative estimate of drug-likeness (QED) is 0.604. The number of benzene rings is 1. The minimum atomic E-state index is -1.08. The Morgan fingerprint density at radius 1 is 1.40 bits per heavy atom. The molecule has 1 N–H and O–H groups in total. The number of hydrogen-bond donors (Lipinski definition) is 1. The molecule has 0 saturated heterocycles. The van der Waals surface area contributed by atoms with Gasteiger partial charge < -0.3 is 14.6 Å². The van der Waals surface area contributed by atoms with Crippen LogP contribution in [0.4, 0.5) is 0 Å². The molecule has 1 rings (SSSR count). The van der Waals surface area contributed by atoms with Crippen LogP contribution < -0.4 is 0 Å². The minimum Gasteiger partial charge on any atom is -0.481 e. The third-order valence-electron chi connectivity index (χ3n) is 1.41. The third-order valence-corrected chi connectivity index (χ3v) is 1.41. The lowest BCUT2D eigenvalue weighted by atomic mass is 10.2. The van der Waals surface area contributed by atoms with Gasteiger partial charge in [-0.05, 0) is 5.56 Å². The molecule has 0 spiro atoms. The third kappa shape index (κ3) is 8.64. The number of carboxylic acids is 1. The Labute approximate surface area is 88.5 Å². The molecule has 15 heavy (non-hydrogen) atoms. The number of carboxylic acid groups (broad SMARTS) is 1. The summed E-state index contributed by atoms with van der Waals surface area (Å²) in [5, 5.41) is 7.68. The molecule has 4 heteroatoms. The number of hydrogen-bond acceptors (Lipinski definition) is 3. The van der Waals surface area contributed by atoms with E-state index in [0.29, 0.717) is 12.9 Å². The molecule has 0 fully saturated rings. The number of ether oxygens (including phenoxy) is 1. The maximum atomic E-state index is 9.37. The largest absolute Gasteiger partial charge is 0.481 e. The molecule has 0 heterocycles. The van der Waals surface area contributed by atoms with Crippen molar-refractivity contribution in [3.63, 3.8) is 0 Å². The van der Waals surface area contributed by atoms with Crippen LogP contribution in [0.5, 0.6) is 0 Å². The van der Waals surface area contributed by atoms with E-state index in [9.17, 15) is 9.59 Å². The monoisotopic (exact) mass is 210 g/mol. The van der Waals surface area contributed by atoms with Gasteiger partial charge in [-0.15, -0.1) is 0 Å². The molecule has 0 amide bonds. The molecule has 1 aromatic carbocycles. The van der Waals surface area contributed by atoms with E-state index in [0.717, 1.165) is 0 Å². The molecular weight excluding hydrogens is 196 g/mol. The molecule has 0 aliphatic carbocycles. The van der Waals surface area contributed by atoms with Crippen molar-refractivity contribution >= 4 is 12.3 Å². The van der Waals surface area contributed by atoms with Crippen molar-refractivity contribution in [3.05, 3.63) is 35.9 Å². The summed E-state index contributed by atoms with van der Waals surface area (Å²) in [5.41, 5.74) is 1.22. The Hall–Kier alpha value is -1.68. The second kappa shape index (κ2) is 8.90. The van der Waals surface area contributed by atoms with Gasteiger partial charge in [0.2, 0.25) is 0 Å². The SMILES string of the molecule is COCc1ccccc1.O=CCC(=O)O. The molecule has 0 radical (unpaired) electrons. The van der Waals surface area contributed by atoms with E-state index in [1.54, 1.807) is 7.11 Å². The number of aliphatic carboxylic acids is 1. The van der Waals surface area contributed by atoms with E-state index >= 15 is 0 Å². The molecule has 0 saturated carbocycles. The van der Waals surface area contributed by atoms with Gasteiger partial charge in [-0.1, -0.05) is 30.3 Å². The highest BCUT2D eigenvalue weighted by Crippen LogP contribution is 1.98. The van der Waals surface area contributed by atoms with Gasteiger partial charge in [0.15, 0.2) is 0 Å². The van der Waals surface area contributed by atoms with E-state index in [2.05, 4.69) is 0 Å². The van der Waals surface area contributed by atoms with E-state index < -0.39 is 5.97 Å². The van der Waals surface area contributed by atoms with Crippen molar-refractivity contribution < 1.29 is 19.4 Å². The number of rotatable bonds is 4. The van der Waals surface area contributed by atoms with Gasteiger partial charge in [-0.2, -0.15) is 0 Å². The maximum absolute atomic E-state index is 9.37. The molecule has 0 aliphatic heterocycles. The van der Waals surface area contributed by atoms with E-state index in [1.807, 2.05) is 30.3 Å². The summed E-state index contributed by atoms with van der Waals surface area (Å²) in [4.78, 5) is 18.6. The highest BCUT2D eigenvalue weighted by Gasteiger charge is 1.87. The summed E-state index contributed by atoms with van der Waals surface area (Å²) in [6.07, 6.45) is -0.0394. The standard InChI is InChI=1S/C8H10O.C3H4O3/c1-9-7-8-5-3-2-4-6-8;4-2-1-3(5)6/h2-6H,7H2,1H3;2H,1H2,(H,5,6). The molecular formula is C11H14O4.